The number of carbonyl (C=O) groups excluding carboxylic acids is 1. The molecule has 0 aliphatic heterocycles. The molecule has 0 bridgehead atoms. The van der Waals surface area contributed by atoms with E-state index in [4.69, 9.17) is 11.6 Å². The van der Waals surface area contributed by atoms with Crippen molar-refractivity contribution < 1.29 is 9.72 Å². The van der Waals surface area contributed by atoms with Gasteiger partial charge in [0.05, 0.1) is 15.6 Å². The number of rotatable bonds is 3. The molecular weight excluding hydrogens is 284 g/mol. The van der Waals surface area contributed by atoms with Crippen molar-refractivity contribution >= 4 is 28.9 Å². The predicted octanol–water partition coefficient (Wildman–Crippen LogP) is 2.54. The second-order valence-corrected chi connectivity index (χ2v) is 4.50. The molecule has 0 aliphatic carbocycles. The van der Waals surface area contributed by atoms with Gasteiger partial charge in [-0.25, -0.2) is 0 Å². The van der Waals surface area contributed by atoms with Crippen molar-refractivity contribution in [2.24, 2.45) is 7.05 Å². The van der Waals surface area contributed by atoms with Crippen molar-refractivity contribution in [2.75, 3.05) is 5.32 Å². The lowest BCUT2D eigenvalue weighted by Crippen LogP contribution is -2.17. The highest BCUT2D eigenvalue weighted by molar-refractivity contribution is 6.33. The van der Waals surface area contributed by atoms with Crippen molar-refractivity contribution in [2.45, 2.75) is 6.92 Å². The Bertz CT molecular complexity index is 696. The second kappa shape index (κ2) is 5.30. The van der Waals surface area contributed by atoms with Gasteiger partial charge in [0.2, 0.25) is 5.69 Å². The van der Waals surface area contributed by atoms with E-state index in [1.54, 1.807) is 24.3 Å². The first kappa shape index (κ1) is 14.0. The van der Waals surface area contributed by atoms with Gasteiger partial charge in [-0.15, -0.1) is 0 Å². The highest BCUT2D eigenvalue weighted by Gasteiger charge is 2.29. The van der Waals surface area contributed by atoms with E-state index in [-0.39, 0.29) is 17.1 Å². The number of aryl methyl sites for hydroxylation is 2. The minimum absolute atomic E-state index is 0.118. The van der Waals surface area contributed by atoms with Crippen LogP contribution in [0.2, 0.25) is 5.02 Å². The van der Waals surface area contributed by atoms with Crippen LogP contribution in [0.25, 0.3) is 0 Å². The zero-order valence-corrected chi connectivity index (χ0v) is 11.5. The molecule has 0 spiro atoms. The largest absolute Gasteiger partial charge is 0.322 e. The summed E-state index contributed by atoms with van der Waals surface area (Å²) in [7, 11) is 1.47. The average Bonchev–Trinajstić information content (AvgIpc) is 2.67. The first-order valence-electron chi connectivity index (χ1n) is 5.65. The molecule has 20 heavy (non-hydrogen) atoms. The van der Waals surface area contributed by atoms with Gasteiger partial charge in [-0.1, -0.05) is 23.7 Å². The van der Waals surface area contributed by atoms with E-state index in [0.717, 1.165) is 0 Å². The Labute approximate surface area is 119 Å². The fourth-order valence-electron chi connectivity index (χ4n) is 1.86. The molecule has 1 amide bonds. The standard InChI is InChI=1S/C12H11ClN4O3/c1-7-10(17(19)20)11(16(2)15-7)12(18)14-9-6-4-3-5-8(9)13/h3-6H,1-2H3,(H,14,18). The molecular formula is C12H11ClN4O3. The number of aromatic nitrogens is 2. The number of amides is 1. The van der Waals surface area contributed by atoms with Crippen LogP contribution >= 0.6 is 11.6 Å². The summed E-state index contributed by atoms with van der Waals surface area (Å²) < 4.78 is 1.18. The molecule has 104 valence electrons. The van der Waals surface area contributed by atoms with Crippen molar-refractivity contribution in [3.63, 3.8) is 0 Å². The predicted molar refractivity (Wildman–Crippen MR) is 74.0 cm³/mol. The Morgan fingerprint density at radius 3 is 2.70 bits per heavy atom. The topological polar surface area (TPSA) is 90.1 Å². The molecule has 2 rings (SSSR count). The minimum Gasteiger partial charge on any atom is -0.319 e. The maximum absolute atomic E-state index is 12.2. The molecule has 0 saturated heterocycles. The third-order valence-corrected chi connectivity index (χ3v) is 3.04. The number of halogens is 1. The Balaban J connectivity index is 2.40. The molecule has 0 saturated carbocycles. The molecule has 0 atom stereocenters. The second-order valence-electron chi connectivity index (χ2n) is 4.10. The van der Waals surface area contributed by atoms with E-state index in [2.05, 4.69) is 10.4 Å². The molecule has 1 heterocycles. The van der Waals surface area contributed by atoms with Gasteiger partial charge in [0.15, 0.2) is 0 Å². The molecule has 0 radical (unpaired) electrons. The minimum atomic E-state index is -0.632. The van der Waals surface area contributed by atoms with Crippen LogP contribution in [0.15, 0.2) is 24.3 Å². The van der Waals surface area contributed by atoms with E-state index in [9.17, 15) is 14.9 Å². The van der Waals surface area contributed by atoms with Gasteiger partial charge in [-0.3, -0.25) is 19.6 Å². The quantitative estimate of drug-likeness (QED) is 0.695. The lowest BCUT2D eigenvalue weighted by molar-refractivity contribution is -0.385. The monoisotopic (exact) mass is 294 g/mol. The first-order chi connectivity index (χ1) is 9.41. The number of anilines is 1. The highest BCUT2D eigenvalue weighted by atomic mass is 35.5. The summed E-state index contributed by atoms with van der Waals surface area (Å²) in [5, 5.41) is 17.8. The fourth-order valence-corrected chi connectivity index (χ4v) is 2.05. The number of nitrogens with one attached hydrogen (secondary N) is 1. The molecule has 1 N–H and O–H groups in total. The Morgan fingerprint density at radius 2 is 2.10 bits per heavy atom. The Kier molecular flexibility index (Phi) is 3.71. The van der Waals surface area contributed by atoms with Gasteiger partial charge in [0, 0.05) is 7.05 Å². The lowest BCUT2D eigenvalue weighted by Gasteiger charge is -2.06. The van der Waals surface area contributed by atoms with E-state index in [0.29, 0.717) is 10.7 Å². The molecule has 1 aromatic heterocycles. The molecule has 0 unspecified atom stereocenters. The Hall–Kier alpha value is -2.41. The fraction of sp³-hybridized carbons (Fsp3) is 0.167. The normalized spacial score (nSPS) is 10.3. The summed E-state index contributed by atoms with van der Waals surface area (Å²) in [5.41, 5.74) is 0.138. The van der Waals surface area contributed by atoms with Crippen LogP contribution in [-0.4, -0.2) is 20.6 Å². The van der Waals surface area contributed by atoms with E-state index >= 15 is 0 Å². The number of hydrogen-bond donors (Lipinski definition) is 1. The van der Waals surface area contributed by atoms with Crippen LogP contribution in [0.3, 0.4) is 0 Å². The number of para-hydroxylation sites is 1. The van der Waals surface area contributed by atoms with Crippen molar-refractivity contribution in [1.29, 1.82) is 0 Å². The number of nitrogens with zero attached hydrogens (tertiary/aromatic N) is 3. The number of hydrogen-bond acceptors (Lipinski definition) is 4. The van der Waals surface area contributed by atoms with Gasteiger partial charge in [0.1, 0.15) is 5.69 Å². The van der Waals surface area contributed by atoms with Crippen LogP contribution in [0, 0.1) is 17.0 Å². The SMILES string of the molecule is Cc1nn(C)c(C(=O)Nc2ccccc2Cl)c1[N+](=O)[O-]. The summed E-state index contributed by atoms with van der Waals surface area (Å²) >= 11 is 5.93. The van der Waals surface area contributed by atoms with Gasteiger partial charge in [0.25, 0.3) is 5.91 Å². The van der Waals surface area contributed by atoms with Crippen molar-refractivity contribution in [3.05, 3.63) is 50.8 Å². The first-order valence-corrected chi connectivity index (χ1v) is 6.03. The number of nitro groups is 1. The van der Waals surface area contributed by atoms with Crippen LogP contribution in [0.1, 0.15) is 16.2 Å². The van der Waals surface area contributed by atoms with E-state index < -0.39 is 10.8 Å². The van der Waals surface area contributed by atoms with Crippen LogP contribution in [-0.2, 0) is 7.05 Å². The summed E-state index contributed by atoms with van der Waals surface area (Å²) in [5.74, 6) is -0.632. The van der Waals surface area contributed by atoms with Crippen LogP contribution in [0.5, 0.6) is 0 Å². The van der Waals surface area contributed by atoms with Crippen molar-refractivity contribution in [1.82, 2.24) is 9.78 Å². The maximum Gasteiger partial charge on any atom is 0.322 e. The van der Waals surface area contributed by atoms with Gasteiger partial charge in [-0.05, 0) is 19.1 Å². The lowest BCUT2D eigenvalue weighted by atomic mass is 10.2. The zero-order valence-electron chi connectivity index (χ0n) is 10.8. The zero-order chi connectivity index (χ0) is 14.9. The maximum atomic E-state index is 12.2. The van der Waals surface area contributed by atoms with Crippen molar-refractivity contribution in [3.8, 4) is 0 Å². The summed E-state index contributed by atoms with van der Waals surface area (Å²) in [6.45, 7) is 1.48. The highest BCUT2D eigenvalue weighted by Crippen LogP contribution is 2.25. The van der Waals surface area contributed by atoms with E-state index in [1.165, 1.54) is 18.7 Å². The molecule has 1 aromatic carbocycles. The molecule has 0 aliphatic rings. The van der Waals surface area contributed by atoms with Crippen LogP contribution in [0.4, 0.5) is 11.4 Å². The third kappa shape index (κ3) is 2.48. The Morgan fingerprint density at radius 1 is 1.45 bits per heavy atom. The molecule has 8 heteroatoms. The summed E-state index contributed by atoms with van der Waals surface area (Å²) in [6, 6.07) is 6.63. The van der Waals surface area contributed by atoms with E-state index in [1.807, 2.05) is 0 Å². The third-order valence-electron chi connectivity index (χ3n) is 2.71. The number of carbonyl (C=O) groups is 1. The molecule has 0 fully saturated rings. The summed E-state index contributed by atoms with van der Waals surface area (Å²) in [4.78, 5) is 22.6. The average molecular weight is 295 g/mol. The smallest absolute Gasteiger partial charge is 0.319 e. The van der Waals surface area contributed by atoms with Gasteiger partial charge >= 0.3 is 5.69 Å². The summed E-state index contributed by atoms with van der Waals surface area (Å²) in [6.07, 6.45) is 0. The molecule has 2 aromatic rings. The van der Waals surface area contributed by atoms with Gasteiger partial charge in [-0.2, -0.15) is 5.10 Å². The molecule has 7 nitrogen and oxygen atoms in total. The van der Waals surface area contributed by atoms with Crippen LogP contribution < -0.4 is 5.32 Å². The number of benzene rings is 1. The van der Waals surface area contributed by atoms with Gasteiger partial charge < -0.3 is 5.32 Å².